The fourth-order valence-corrected chi connectivity index (χ4v) is 2.85. The highest BCUT2D eigenvalue weighted by Gasteiger charge is 2.30. The fraction of sp³-hybridized carbons (Fsp3) is 0.533. The van der Waals surface area contributed by atoms with Gasteiger partial charge in [-0.25, -0.2) is 0 Å². The van der Waals surface area contributed by atoms with E-state index in [0.29, 0.717) is 24.3 Å². The number of hydrogen-bond donors (Lipinski definition) is 3. The number of carbonyl (C=O) groups excluding carboxylic acids is 1. The summed E-state index contributed by atoms with van der Waals surface area (Å²) in [6.45, 7) is 2.80. The maximum absolute atomic E-state index is 11.4. The molecule has 0 bridgehead atoms. The molecule has 4 N–H and O–H groups in total. The molecule has 0 spiro atoms. The lowest BCUT2D eigenvalue weighted by Crippen LogP contribution is -2.41. The molecular formula is C15H21N3O2. The molecule has 5 heteroatoms. The highest BCUT2D eigenvalue weighted by atomic mass is 16.5. The topological polar surface area (TPSA) is 76.4 Å². The zero-order valence-electron chi connectivity index (χ0n) is 11.7. The van der Waals surface area contributed by atoms with Gasteiger partial charge in [-0.15, -0.1) is 0 Å². The van der Waals surface area contributed by atoms with Crippen molar-refractivity contribution in [2.24, 2.45) is 0 Å². The number of ether oxygens (including phenoxy) is 1. The van der Waals surface area contributed by atoms with E-state index in [1.165, 1.54) is 0 Å². The van der Waals surface area contributed by atoms with E-state index in [2.05, 4.69) is 16.7 Å². The number of amides is 1. The molecule has 1 aromatic rings. The second-order valence-electron chi connectivity index (χ2n) is 5.53. The van der Waals surface area contributed by atoms with Crippen LogP contribution in [-0.2, 0) is 16.0 Å². The van der Waals surface area contributed by atoms with Crippen LogP contribution >= 0.6 is 0 Å². The van der Waals surface area contributed by atoms with Crippen LogP contribution in [0.15, 0.2) is 12.1 Å². The highest BCUT2D eigenvalue weighted by Crippen LogP contribution is 2.34. The molecule has 1 saturated carbocycles. The fourth-order valence-electron chi connectivity index (χ4n) is 2.85. The second kappa shape index (κ2) is 5.32. The minimum atomic E-state index is 0.0659. The molecule has 0 radical (unpaired) electrons. The van der Waals surface area contributed by atoms with Crippen molar-refractivity contribution in [2.75, 3.05) is 23.0 Å². The van der Waals surface area contributed by atoms with E-state index in [0.717, 1.165) is 42.8 Å². The predicted octanol–water partition coefficient (Wildman–Crippen LogP) is 2.13. The molecule has 0 aromatic heterocycles. The first-order chi connectivity index (χ1) is 9.65. The molecule has 1 aliphatic carbocycles. The summed E-state index contributed by atoms with van der Waals surface area (Å²) in [5.41, 5.74) is 9.73. The molecular weight excluding hydrogens is 254 g/mol. The molecule has 0 atom stereocenters. The summed E-state index contributed by atoms with van der Waals surface area (Å²) >= 11 is 0. The molecule has 1 aliphatic heterocycles. The van der Waals surface area contributed by atoms with Crippen LogP contribution in [0.1, 0.15) is 31.7 Å². The zero-order valence-corrected chi connectivity index (χ0v) is 11.7. The SMILES string of the molecule is CCOC1CC(Nc2cc3c(cc2N)NC(=O)CC3)C1. The predicted molar refractivity (Wildman–Crippen MR) is 79.9 cm³/mol. The van der Waals surface area contributed by atoms with Crippen LogP contribution in [0.25, 0.3) is 0 Å². The number of rotatable bonds is 4. The van der Waals surface area contributed by atoms with Crippen LogP contribution in [-0.4, -0.2) is 24.7 Å². The van der Waals surface area contributed by atoms with Crippen molar-refractivity contribution >= 4 is 23.0 Å². The van der Waals surface area contributed by atoms with Crippen molar-refractivity contribution in [3.05, 3.63) is 17.7 Å². The zero-order chi connectivity index (χ0) is 14.1. The van der Waals surface area contributed by atoms with Crippen LogP contribution in [0.4, 0.5) is 17.1 Å². The van der Waals surface area contributed by atoms with Crippen LogP contribution in [0.3, 0.4) is 0 Å². The average molecular weight is 275 g/mol. The van der Waals surface area contributed by atoms with Gasteiger partial charge in [0.25, 0.3) is 0 Å². The number of hydrogen-bond acceptors (Lipinski definition) is 4. The molecule has 5 nitrogen and oxygen atoms in total. The second-order valence-corrected chi connectivity index (χ2v) is 5.53. The summed E-state index contributed by atoms with van der Waals surface area (Å²) in [7, 11) is 0. The molecule has 1 amide bonds. The number of nitrogens with two attached hydrogens (primary N) is 1. The molecule has 0 unspecified atom stereocenters. The van der Waals surface area contributed by atoms with Crippen molar-refractivity contribution in [3.63, 3.8) is 0 Å². The minimum Gasteiger partial charge on any atom is -0.397 e. The monoisotopic (exact) mass is 275 g/mol. The van der Waals surface area contributed by atoms with Gasteiger partial charge < -0.3 is 21.1 Å². The molecule has 108 valence electrons. The van der Waals surface area contributed by atoms with Gasteiger partial charge in [-0.2, -0.15) is 0 Å². The van der Waals surface area contributed by atoms with E-state index in [1.807, 2.05) is 13.0 Å². The first kappa shape index (κ1) is 13.2. The van der Waals surface area contributed by atoms with Gasteiger partial charge in [0.05, 0.1) is 17.5 Å². The lowest BCUT2D eigenvalue weighted by molar-refractivity contribution is -0.116. The number of anilines is 3. The Morgan fingerprint density at radius 2 is 2.20 bits per heavy atom. The normalized spacial score (nSPS) is 24.6. The molecule has 20 heavy (non-hydrogen) atoms. The van der Waals surface area contributed by atoms with Gasteiger partial charge in [0, 0.05) is 24.8 Å². The van der Waals surface area contributed by atoms with Crippen LogP contribution < -0.4 is 16.4 Å². The summed E-state index contributed by atoms with van der Waals surface area (Å²) in [5.74, 6) is 0.0659. The van der Waals surface area contributed by atoms with Gasteiger partial charge in [0.1, 0.15) is 0 Å². The molecule has 3 rings (SSSR count). The molecule has 1 aromatic carbocycles. The van der Waals surface area contributed by atoms with Crippen molar-refractivity contribution in [2.45, 2.75) is 44.8 Å². The van der Waals surface area contributed by atoms with E-state index in [4.69, 9.17) is 10.5 Å². The van der Waals surface area contributed by atoms with Crippen molar-refractivity contribution in [1.82, 2.24) is 0 Å². The summed E-state index contributed by atoms with van der Waals surface area (Å²) < 4.78 is 5.56. The molecule has 1 fully saturated rings. The Bertz CT molecular complexity index is 524. The number of nitrogen functional groups attached to an aromatic ring is 1. The smallest absolute Gasteiger partial charge is 0.224 e. The highest BCUT2D eigenvalue weighted by molar-refractivity contribution is 5.95. The Labute approximate surface area is 118 Å². The summed E-state index contributed by atoms with van der Waals surface area (Å²) in [6, 6.07) is 4.36. The summed E-state index contributed by atoms with van der Waals surface area (Å²) in [4.78, 5) is 11.4. The lowest BCUT2D eigenvalue weighted by atomic mass is 9.88. The Morgan fingerprint density at radius 3 is 2.95 bits per heavy atom. The van der Waals surface area contributed by atoms with E-state index in [-0.39, 0.29) is 5.91 Å². The molecule has 0 saturated heterocycles. The number of fused-ring (bicyclic) bond motifs is 1. The third kappa shape index (κ3) is 2.58. The van der Waals surface area contributed by atoms with Crippen molar-refractivity contribution in [3.8, 4) is 0 Å². The van der Waals surface area contributed by atoms with Gasteiger partial charge in [-0.1, -0.05) is 0 Å². The largest absolute Gasteiger partial charge is 0.397 e. The number of benzene rings is 1. The van der Waals surface area contributed by atoms with Crippen molar-refractivity contribution in [1.29, 1.82) is 0 Å². The lowest BCUT2D eigenvalue weighted by Gasteiger charge is -2.36. The van der Waals surface area contributed by atoms with E-state index in [1.54, 1.807) is 0 Å². The van der Waals surface area contributed by atoms with E-state index < -0.39 is 0 Å². The average Bonchev–Trinajstić information content (AvgIpc) is 2.37. The Kier molecular flexibility index (Phi) is 3.53. The summed E-state index contributed by atoms with van der Waals surface area (Å²) in [6.07, 6.45) is 3.77. The third-order valence-corrected chi connectivity index (χ3v) is 4.03. The minimum absolute atomic E-state index is 0.0659. The first-order valence-corrected chi connectivity index (χ1v) is 7.26. The quantitative estimate of drug-likeness (QED) is 0.736. The van der Waals surface area contributed by atoms with Crippen LogP contribution in [0.2, 0.25) is 0 Å². The van der Waals surface area contributed by atoms with Gasteiger partial charge in [-0.3, -0.25) is 4.79 Å². The standard InChI is InChI=1S/C15H21N3O2/c1-2-20-11-6-10(7-11)17-14-5-9-3-4-15(19)18-13(9)8-12(14)16/h5,8,10-11,17H,2-4,6-7,16H2,1H3,(H,18,19). The van der Waals surface area contributed by atoms with Gasteiger partial charge in [0.15, 0.2) is 0 Å². The number of carbonyl (C=O) groups is 1. The Morgan fingerprint density at radius 1 is 1.40 bits per heavy atom. The molecule has 1 heterocycles. The number of aryl methyl sites for hydroxylation is 1. The Hall–Kier alpha value is -1.75. The Balaban J connectivity index is 1.67. The maximum Gasteiger partial charge on any atom is 0.224 e. The third-order valence-electron chi connectivity index (χ3n) is 4.03. The van der Waals surface area contributed by atoms with Gasteiger partial charge >= 0.3 is 0 Å². The molecule has 2 aliphatic rings. The van der Waals surface area contributed by atoms with E-state index in [9.17, 15) is 4.79 Å². The maximum atomic E-state index is 11.4. The number of nitrogens with one attached hydrogen (secondary N) is 2. The van der Waals surface area contributed by atoms with Gasteiger partial charge in [-0.05, 0) is 43.9 Å². The van der Waals surface area contributed by atoms with Crippen LogP contribution in [0.5, 0.6) is 0 Å². The van der Waals surface area contributed by atoms with E-state index >= 15 is 0 Å². The summed E-state index contributed by atoms with van der Waals surface area (Å²) in [5, 5.41) is 6.34. The first-order valence-electron chi connectivity index (χ1n) is 7.26. The van der Waals surface area contributed by atoms with Gasteiger partial charge in [0.2, 0.25) is 5.91 Å². The van der Waals surface area contributed by atoms with Crippen molar-refractivity contribution < 1.29 is 9.53 Å². The van der Waals surface area contributed by atoms with Crippen LogP contribution in [0, 0.1) is 0 Å².